The quantitative estimate of drug-likeness (QED) is 0.679. The lowest BCUT2D eigenvalue weighted by molar-refractivity contribution is 0.0993. The van der Waals surface area contributed by atoms with Gasteiger partial charge < -0.3 is 10.3 Å². The van der Waals surface area contributed by atoms with Crippen LogP contribution in [0.15, 0.2) is 55.3 Å². The second kappa shape index (κ2) is 7.36. The summed E-state index contributed by atoms with van der Waals surface area (Å²) in [6.07, 6.45) is 7.80. The zero-order valence-electron chi connectivity index (χ0n) is 15.1. The molecule has 0 aliphatic heterocycles. The average molecular weight is 366 g/mol. The number of fused-ring (bicyclic) bond motifs is 1. The molecule has 3 heterocycles. The Morgan fingerprint density at radius 1 is 1.33 bits per heavy atom. The summed E-state index contributed by atoms with van der Waals surface area (Å²) in [6.45, 7) is 7.72. The zero-order chi connectivity index (χ0) is 19.6. The smallest absolute Gasteiger partial charge is 0.269 e. The van der Waals surface area contributed by atoms with Crippen LogP contribution in [0, 0.1) is 0 Å². The van der Waals surface area contributed by atoms with Crippen LogP contribution >= 0.6 is 0 Å². The number of hydrogen-bond acceptors (Lipinski definition) is 4. The zero-order valence-corrected chi connectivity index (χ0v) is 15.1. The minimum Gasteiger partial charge on any atom is -0.364 e. The van der Waals surface area contributed by atoms with Crippen LogP contribution in [0.3, 0.4) is 0 Å². The molecule has 0 spiro atoms. The first-order valence-electron chi connectivity index (χ1n) is 8.35. The maximum absolute atomic E-state index is 13.1. The van der Waals surface area contributed by atoms with E-state index in [0.29, 0.717) is 23.6 Å². The van der Waals surface area contributed by atoms with Crippen LogP contribution in [0.5, 0.6) is 0 Å². The summed E-state index contributed by atoms with van der Waals surface area (Å²) >= 11 is 0. The van der Waals surface area contributed by atoms with Crippen LogP contribution in [0.2, 0.25) is 0 Å². The molecule has 3 rings (SSSR count). The van der Waals surface area contributed by atoms with E-state index in [1.54, 1.807) is 24.5 Å². The Labute approximate surface area is 155 Å². The minimum absolute atomic E-state index is 0.191. The maximum Gasteiger partial charge on any atom is 0.269 e. The van der Waals surface area contributed by atoms with Crippen molar-refractivity contribution in [3.63, 3.8) is 0 Å². The Morgan fingerprint density at radius 3 is 2.74 bits per heavy atom. The highest BCUT2D eigenvalue weighted by Gasteiger charge is 2.18. The number of rotatable bonds is 6. The molecule has 0 aliphatic rings. The van der Waals surface area contributed by atoms with Gasteiger partial charge in [-0.25, -0.2) is 18.9 Å². The number of allylic oxidation sites excluding steroid dienone is 5. The molecule has 138 valence electrons. The van der Waals surface area contributed by atoms with Gasteiger partial charge in [-0.1, -0.05) is 18.7 Å². The lowest BCUT2D eigenvalue weighted by Gasteiger charge is -2.09. The molecule has 0 fully saturated rings. The van der Waals surface area contributed by atoms with E-state index in [0.717, 1.165) is 11.3 Å². The fourth-order valence-electron chi connectivity index (χ4n) is 2.76. The predicted octanol–water partition coefficient (Wildman–Crippen LogP) is 3.15. The molecular weight excluding hydrogens is 347 g/mol. The van der Waals surface area contributed by atoms with Crippen molar-refractivity contribution in [2.45, 2.75) is 20.4 Å². The number of halogens is 1. The summed E-state index contributed by atoms with van der Waals surface area (Å²) in [5.41, 5.74) is 8.79. The number of carbonyl (C=O) groups is 1. The van der Waals surface area contributed by atoms with Crippen LogP contribution in [0.4, 0.5) is 4.39 Å². The molecule has 3 aromatic heterocycles. The number of imidazole rings is 2. The molecule has 0 unspecified atom stereocenters. The number of aromatic nitrogens is 5. The Kier molecular flexibility index (Phi) is 4.98. The third kappa shape index (κ3) is 3.41. The number of amides is 1. The second-order valence-corrected chi connectivity index (χ2v) is 5.75. The Hall–Kier alpha value is -3.55. The van der Waals surface area contributed by atoms with Gasteiger partial charge in [0.25, 0.3) is 5.91 Å². The Bertz CT molecular complexity index is 1090. The van der Waals surface area contributed by atoms with E-state index in [1.807, 2.05) is 24.5 Å². The van der Waals surface area contributed by atoms with E-state index in [4.69, 9.17) is 5.73 Å². The van der Waals surface area contributed by atoms with Gasteiger partial charge in [-0.2, -0.15) is 5.10 Å². The largest absolute Gasteiger partial charge is 0.364 e. The van der Waals surface area contributed by atoms with E-state index < -0.39 is 11.7 Å². The molecule has 0 aromatic carbocycles. The summed E-state index contributed by atoms with van der Waals surface area (Å²) in [5, 5.41) is 4.53. The molecule has 0 saturated carbocycles. The first-order valence-corrected chi connectivity index (χ1v) is 8.35. The Morgan fingerprint density at radius 2 is 2.11 bits per heavy atom. The van der Waals surface area contributed by atoms with Crippen molar-refractivity contribution in [1.82, 2.24) is 24.1 Å². The number of carbonyl (C=O) groups excluding carboxylic acids is 1. The summed E-state index contributed by atoms with van der Waals surface area (Å²) in [7, 11) is 0. The van der Waals surface area contributed by atoms with Gasteiger partial charge in [-0.05, 0) is 37.6 Å². The lowest BCUT2D eigenvalue weighted by atomic mass is 10.1. The van der Waals surface area contributed by atoms with Crippen molar-refractivity contribution in [3.8, 4) is 11.4 Å². The van der Waals surface area contributed by atoms with Gasteiger partial charge in [-0.15, -0.1) is 0 Å². The second-order valence-electron chi connectivity index (χ2n) is 5.75. The third-order valence-electron chi connectivity index (χ3n) is 4.06. The van der Waals surface area contributed by atoms with Gasteiger partial charge in [0.1, 0.15) is 17.2 Å². The summed E-state index contributed by atoms with van der Waals surface area (Å²) < 4.78 is 16.4. The van der Waals surface area contributed by atoms with Gasteiger partial charge >= 0.3 is 0 Å². The maximum atomic E-state index is 13.1. The van der Waals surface area contributed by atoms with Crippen LogP contribution in [0.1, 0.15) is 30.0 Å². The number of nitrogens with two attached hydrogens (primary N) is 1. The average Bonchev–Trinajstić information content (AvgIpc) is 3.25. The van der Waals surface area contributed by atoms with E-state index in [1.165, 1.54) is 16.8 Å². The van der Waals surface area contributed by atoms with Gasteiger partial charge in [0.15, 0.2) is 5.65 Å². The van der Waals surface area contributed by atoms with Crippen molar-refractivity contribution < 1.29 is 9.18 Å². The highest BCUT2D eigenvalue weighted by atomic mass is 19.1. The highest BCUT2D eigenvalue weighted by Crippen LogP contribution is 2.28. The van der Waals surface area contributed by atoms with Gasteiger partial charge in [0.2, 0.25) is 0 Å². The molecule has 1 amide bonds. The number of primary amides is 1. The minimum atomic E-state index is -0.616. The molecule has 3 aromatic rings. The molecule has 7 nitrogen and oxygen atoms in total. The van der Waals surface area contributed by atoms with Crippen molar-refractivity contribution >= 4 is 17.1 Å². The predicted molar refractivity (Wildman–Crippen MR) is 101 cm³/mol. The topological polar surface area (TPSA) is 91.1 Å². The van der Waals surface area contributed by atoms with Crippen molar-refractivity contribution in [2.24, 2.45) is 5.73 Å². The molecular formula is C19H19FN6O. The van der Waals surface area contributed by atoms with Crippen LogP contribution in [-0.2, 0) is 6.54 Å². The summed E-state index contributed by atoms with van der Waals surface area (Å²) in [4.78, 5) is 20.2. The van der Waals surface area contributed by atoms with Crippen molar-refractivity contribution in [3.05, 3.63) is 66.7 Å². The van der Waals surface area contributed by atoms with E-state index in [2.05, 4.69) is 21.6 Å². The SMILES string of the molecule is C=C(F)/C=C\C(=C/C)c1ncn(CC)c1-c1ccc2ncc(C(N)=O)n2n1. The van der Waals surface area contributed by atoms with Crippen molar-refractivity contribution in [2.75, 3.05) is 0 Å². The van der Waals surface area contributed by atoms with Crippen LogP contribution in [0.25, 0.3) is 22.6 Å². The fraction of sp³-hybridized carbons (Fsp3) is 0.158. The monoisotopic (exact) mass is 366 g/mol. The van der Waals surface area contributed by atoms with Crippen LogP contribution in [-0.4, -0.2) is 30.1 Å². The normalized spacial score (nSPS) is 12.2. The standard InChI is InChI=1S/C19H19FN6O/c1-4-13(7-6-12(3)20)17-18(25(5-2)11-23-17)14-8-9-16-22-10-15(19(21)27)26(16)24-14/h4,6-11H,3,5H2,1-2H3,(H2,21,27)/b7-6-,13-4+. The molecule has 0 aliphatic carbocycles. The molecule has 2 N–H and O–H groups in total. The molecule has 0 saturated heterocycles. The summed E-state index contributed by atoms with van der Waals surface area (Å²) in [5.74, 6) is -1.16. The molecule has 8 heteroatoms. The first kappa shape index (κ1) is 18.2. The van der Waals surface area contributed by atoms with E-state index in [9.17, 15) is 9.18 Å². The van der Waals surface area contributed by atoms with Gasteiger partial charge in [0, 0.05) is 6.54 Å². The van der Waals surface area contributed by atoms with Crippen LogP contribution < -0.4 is 5.73 Å². The van der Waals surface area contributed by atoms with E-state index >= 15 is 0 Å². The molecule has 0 bridgehead atoms. The van der Waals surface area contributed by atoms with Gasteiger partial charge in [-0.3, -0.25) is 4.79 Å². The number of aryl methyl sites for hydroxylation is 1. The number of nitrogens with zero attached hydrogens (tertiary/aromatic N) is 5. The highest BCUT2D eigenvalue weighted by molar-refractivity contribution is 5.91. The lowest BCUT2D eigenvalue weighted by Crippen LogP contribution is -2.15. The third-order valence-corrected chi connectivity index (χ3v) is 4.06. The van der Waals surface area contributed by atoms with Gasteiger partial charge in [0.05, 0.1) is 23.9 Å². The Balaban J connectivity index is 2.20. The molecule has 0 atom stereocenters. The number of hydrogen-bond donors (Lipinski definition) is 1. The summed E-state index contributed by atoms with van der Waals surface area (Å²) in [6, 6.07) is 3.55. The van der Waals surface area contributed by atoms with Crippen molar-refractivity contribution in [1.29, 1.82) is 0 Å². The first-order chi connectivity index (χ1) is 13.0. The van der Waals surface area contributed by atoms with E-state index in [-0.39, 0.29) is 5.69 Å². The fourth-order valence-corrected chi connectivity index (χ4v) is 2.76. The molecule has 27 heavy (non-hydrogen) atoms. The molecule has 0 radical (unpaired) electrons.